The fourth-order valence-corrected chi connectivity index (χ4v) is 1.58. The van der Waals surface area contributed by atoms with E-state index in [2.05, 4.69) is 5.32 Å². The van der Waals surface area contributed by atoms with Crippen molar-refractivity contribution in [2.24, 2.45) is 0 Å². The minimum absolute atomic E-state index is 0.312. The van der Waals surface area contributed by atoms with E-state index in [-0.39, 0.29) is 5.54 Å². The third kappa shape index (κ3) is 1.77. The average molecular weight is 175 g/mol. The SMILES string of the molecule is CNC1(C(O)OC)CCOCC1. The minimum Gasteiger partial charge on any atom is -0.381 e. The Bertz CT molecular complexity index is 134. The largest absolute Gasteiger partial charge is 0.381 e. The van der Waals surface area contributed by atoms with E-state index in [4.69, 9.17) is 9.47 Å². The lowest BCUT2D eigenvalue weighted by Crippen LogP contribution is -2.56. The van der Waals surface area contributed by atoms with Crippen LogP contribution in [0.2, 0.25) is 0 Å². The quantitative estimate of drug-likeness (QED) is 0.579. The molecule has 1 fully saturated rings. The lowest BCUT2D eigenvalue weighted by atomic mass is 9.89. The maximum atomic E-state index is 9.59. The third-order valence-electron chi connectivity index (χ3n) is 2.58. The Hall–Kier alpha value is -0.160. The molecular formula is C8H17NO3. The zero-order chi connectivity index (χ0) is 9.03. The Morgan fingerprint density at radius 2 is 2.08 bits per heavy atom. The van der Waals surface area contributed by atoms with Gasteiger partial charge in [-0.05, 0) is 19.9 Å². The molecule has 0 aromatic carbocycles. The summed E-state index contributed by atoms with van der Waals surface area (Å²) in [5.41, 5.74) is -0.312. The maximum absolute atomic E-state index is 9.59. The molecule has 0 bridgehead atoms. The molecule has 1 unspecified atom stereocenters. The summed E-state index contributed by atoms with van der Waals surface area (Å²) in [5, 5.41) is 12.7. The highest BCUT2D eigenvalue weighted by Gasteiger charge is 2.38. The molecular weight excluding hydrogens is 158 g/mol. The number of ether oxygens (including phenoxy) is 2. The first-order valence-electron chi connectivity index (χ1n) is 4.23. The van der Waals surface area contributed by atoms with E-state index in [1.54, 1.807) is 0 Å². The van der Waals surface area contributed by atoms with Gasteiger partial charge in [0.1, 0.15) is 0 Å². The van der Waals surface area contributed by atoms with E-state index in [0.717, 1.165) is 12.8 Å². The van der Waals surface area contributed by atoms with Crippen LogP contribution in [0.15, 0.2) is 0 Å². The number of hydrogen-bond donors (Lipinski definition) is 2. The molecule has 0 radical (unpaired) electrons. The highest BCUT2D eigenvalue weighted by atomic mass is 16.6. The number of rotatable bonds is 3. The lowest BCUT2D eigenvalue weighted by Gasteiger charge is -2.39. The Labute approximate surface area is 72.9 Å². The van der Waals surface area contributed by atoms with Crippen molar-refractivity contribution < 1.29 is 14.6 Å². The molecule has 2 N–H and O–H groups in total. The van der Waals surface area contributed by atoms with Gasteiger partial charge >= 0.3 is 0 Å². The van der Waals surface area contributed by atoms with E-state index in [0.29, 0.717) is 13.2 Å². The normalized spacial score (nSPS) is 25.2. The van der Waals surface area contributed by atoms with Crippen LogP contribution in [0, 0.1) is 0 Å². The molecule has 1 aliphatic rings. The van der Waals surface area contributed by atoms with Crippen molar-refractivity contribution in [3.63, 3.8) is 0 Å². The number of methoxy groups -OCH3 is 1. The maximum Gasteiger partial charge on any atom is 0.172 e. The predicted molar refractivity (Wildman–Crippen MR) is 44.9 cm³/mol. The van der Waals surface area contributed by atoms with E-state index in [1.165, 1.54) is 7.11 Å². The summed E-state index contributed by atoms with van der Waals surface area (Å²) in [6.45, 7) is 1.36. The molecule has 1 atom stereocenters. The van der Waals surface area contributed by atoms with Crippen molar-refractivity contribution in [1.29, 1.82) is 0 Å². The van der Waals surface area contributed by atoms with Crippen LogP contribution in [0.5, 0.6) is 0 Å². The summed E-state index contributed by atoms with van der Waals surface area (Å²) < 4.78 is 10.1. The summed E-state index contributed by atoms with van der Waals surface area (Å²) in [7, 11) is 3.35. The van der Waals surface area contributed by atoms with Gasteiger partial charge in [0.25, 0.3) is 0 Å². The van der Waals surface area contributed by atoms with Crippen molar-refractivity contribution in [1.82, 2.24) is 5.32 Å². The van der Waals surface area contributed by atoms with Gasteiger partial charge in [-0.1, -0.05) is 0 Å². The topological polar surface area (TPSA) is 50.7 Å². The van der Waals surface area contributed by atoms with Gasteiger partial charge in [-0.15, -0.1) is 0 Å². The fraction of sp³-hybridized carbons (Fsp3) is 1.00. The molecule has 4 nitrogen and oxygen atoms in total. The van der Waals surface area contributed by atoms with E-state index in [1.807, 2.05) is 7.05 Å². The average Bonchev–Trinajstić information content (AvgIpc) is 2.17. The molecule has 72 valence electrons. The number of likely N-dealkylation sites (N-methyl/N-ethyl adjacent to an activating group) is 1. The van der Waals surface area contributed by atoms with Crippen LogP contribution in [-0.2, 0) is 9.47 Å². The van der Waals surface area contributed by atoms with E-state index in [9.17, 15) is 5.11 Å². The molecule has 0 aromatic heterocycles. The van der Waals surface area contributed by atoms with Crippen LogP contribution >= 0.6 is 0 Å². The van der Waals surface area contributed by atoms with Gasteiger partial charge in [-0.25, -0.2) is 0 Å². The van der Waals surface area contributed by atoms with Crippen LogP contribution < -0.4 is 5.32 Å². The third-order valence-corrected chi connectivity index (χ3v) is 2.58. The molecule has 1 rings (SSSR count). The Morgan fingerprint density at radius 1 is 1.50 bits per heavy atom. The highest BCUT2D eigenvalue weighted by Crippen LogP contribution is 2.24. The van der Waals surface area contributed by atoms with E-state index >= 15 is 0 Å². The fourth-order valence-electron chi connectivity index (χ4n) is 1.58. The molecule has 1 heterocycles. The van der Waals surface area contributed by atoms with Crippen molar-refractivity contribution in [3.8, 4) is 0 Å². The molecule has 4 heteroatoms. The molecule has 1 aliphatic heterocycles. The molecule has 0 amide bonds. The van der Waals surface area contributed by atoms with Gasteiger partial charge in [0.05, 0.1) is 5.54 Å². The minimum atomic E-state index is -0.744. The first kappa shape index (κ1) is 9.92. The van der Waals surface area contributed by atoms with Crippen molar-refractivity contribution in [2.45, 2.75) is 24.7 Å². The van der Waals surface area contributed by atoms with E-state index < -0.39 is 6.29 Å². The van der Waals surface area contributed by atoms with Crippen LogP contribution in [-0.4, -0.2) is 44.3 Å². The predicted octanol–water partition coefficient (Wildman–Crippen LogP) is -0.280. The summed E-state index contributed by atoms with van der Waals surface area (Å²) in [4.78, 5) is 0. The molecule has 0 aliphatic carbocycles. The first-order chi connectivity index (χ1) is 5.75. The summed E-state index contributed by atoms with van der Waals surface area (Å²) in [6, 6.07) is 0. The monoisotopic (exact) mass is 175 g/mol. The lowest BCUT2D eigenvalue weighted by molar-refractivity contribution is -0.156. The zero-order valence-corrected chi connectivity index (χ0v) is 7.67. The van der Waals surface area contributed by atoms with Gasteiger partial charge in [-0.2, -0.15) is 0 Å². The van der Waals surface area contributed by atoms with Gasteiger partial charge in [0, 0.05) is 20.3 Å². The van der Waals surface area contributed by atoms with Gasteiger partial charge < -0.3 is 19.9 Å². The smallest absolute Gasteiger partial charge is 0.172 e. The summed E-state index contributed by atoms with van der Waals surface area (Å²) in [5.74, 6) is 0. The summed E-state index contributed by atoms with van der Waals surface area (Å²) >= 11 is 0. The number of aliphatic hydroxyl groups excluding tert-OH is 1. The van der Waals surface area contributed by atoms with Gasteiger partial charge in [-0.3, -0.25) is 0 Å². The Kier molecular flexibility index (Phi) is 3.46. The van der Waals surface area contributed by atoms with Crippen molar-refractivity contribution >= 4 is 0 Å². The van der Waals surface area contributed by atoms with Gasteiger partial charge in [0.2, 0.25) is 0 Å². The van der Waals surface area contributed by atoms with Gasteiger partial charge in [0.15, 0.2) is 6.29 Å². The van der Waals surface area contributed by atoms with Crippen LogP contribution in [0.25, 0.3) is 0 Å². The highest BCUT2D eigenvalue weighted by molar-refractivity contribution is 4.91. The number of hydrogen-bond acceptors (Lipinski definition) is 4. The standard InChI is InChI=1S/C8H17NO3/c1-9-8(7(10)11-2)3-5-12-6-4-8/h7,9-10H,3-6H2,1-2H3. The van der Waals surface area contributed by atoms with Crippen molar-refractivity contribution in [3.05, 3.63) is 0 Å². The summed E-state index contributed by atoms with van der Waals surface area (Å²) in [6.07, 6.45) is 0.836. The second-order valence-corrected chi connectivity index (χ2v) is 3.11. The number of aliphatic hydroxyl groups is 1. The van der Waals surface area contributed by atoms with Crippen molar-refractivity contribution in [2.75, 3.05) is 27.4 Å². The Morgan fingerprint density at radius 3 is 2.50 bits per heavy atom. The molecule has 1 saturated heterocycles. The van der Waals surface area contributed by atoms with Crippen LogP contribution in [0.4, 0.5) is 0 Å². The molecule has 0 aromatic rings. The molecule has 12 heavy (non-hydrogen) atoms. The van der Waals surface area contributed by atoms with Crippen LogP contribution in [0.1, 0.15) is 12.8 Å². The molecule has 0 saturated carbocycles. The zero-order valence-electron chi connectivity index (χ0n) is 7.67. The number of nitrogens with one attached hydrogen (secondary N) is 1. The second kappa shape index (κ2) is 4.18. The Balaban J connectivity index is 2.59. The first-order valence-corrected chi connectivity index (χ1v) is 4.23. The molecule has 0 spiro atoms. The van der Waals surface area contributed by atoms with Crippen LogP contribution in [0.3, 0.4) is 0 Å². The second-order valence-electron chi connectivity index (χ2n) is 3.11.